The lowest BCUT2D eigenvalue weighted by Gasteiger charge is -2.22. The van der Waals surface area contributed by atoms with Crippen LogP contribution in [0.2, 0.25) is 0 Å². The van der Waals surface area contributed by atoms with E-state index < -0.39 is 12.0 Å². The van der Waals surface area contributed by atoms with E-state index in [0.717, 1.165) is 31.5 Å². The molecule has 1 aliphatic heterocycles. The van der Waals surface area contributed by atoms with Gasteiger partial charge < -0.3 is 5.11 Å². The molecule has 0 aromatic carbocycles. The molecule has 1 aromatic heterocycles. The Bertz CT molecular complexity index is 304. The van der Waals surface area contributed by atoms with E-state index in [9.17, 15) is 4.79 Å². The number of carboxylic acids is 1. The highest BCUT2D eigenvalue weighted by Crippen LogP contribution is 2.26. The van der Waals surface area contributed by atoms with Crippen LogP contribution in [0.4, 0.5) is 0 Å². The third-order valence-electron chi connectivity index (χ3n) is 2.60. The number of rotatable bonds is 3. The van der Waals surface area contributed by atoms with E-state index in [4.69, 9.17) is 5.11 Å². The molecule has 0 spiro atoms. The van der Waals surface area contributed by atoms with Crippen LogP contribution < -0.4 is 0 Å². The van der Waals surface area contributed by atoms with Gasteiger partial charge in [-0.1, -0.05) is 0 Å². The van der Waals surface area contributed by atoms with Gasteiger partial charge in [0, 0.05) is 0 Å². The summed E-state index contributed by atoms with van der Waals surface area (Å²) in [6.45, 7) is 1.82. The molecule has 1 saturated heterocycles. The highest BCUT2D eigenvalue weighted by molar-refractivity contribution is 7.08. The van der Waals surface area contributed by atoms with Crippen LogP contribution in [0.5, 0.6) is 0 Å². The van der Waals surface area contributed by atoms with Crippen molar-refractivity contribution in [1.82, 2.24) is 4.90 Å². The lowest BCUT2D eigenvalue weighted by atomic mass is 10.1. The van der Waals surface area contributed by atoms with E-state index in [1.165, 1.54) is 0 Å². The summed E-state index contributed by atoms with van der Waals surface area (Å²) in [5.41, 5.74) is 0.921. The van der Waals surface area contributed by atoms with Crippen molar-refractivity contribution in [3.63, 3.8) is 0 Å². The Morgan fingerprint density at radius 1 is 1.50 bits per heavy atom. The third-order valence-corrected chi connectivity index (χ3v) is 3.30. The predicted octanol–water partition coefficient (Wildman–Crippen LogP) is 1.97. The molecule has 2 heterocycles. The van der Waals surface area contributed by atoms with Gasteiger partial charge in [-0.15, -0.1) is 0 Å². The maximum atomic E-state index is 11.1. The highest BCUT2D eigenvalue weighted by atomic mass is 32.1. The Balaban J connectivity index is 2.19. The zero-order valence-corrected chi connectivity index (χ0v) is 8.67. The molecule has 0 aliphatic carbocycles. The van der Waals surface area contributed by atoms with Gasteiger partial charge in [-0.2, -0.15) is 11.3 Å². The first kappa shape index (κ1) is 9.68. The zero-order valence-electron chi connectivity index (χ0n) is 7.85. The van der Waals surface area contributed by atoms with E-state index in [-0.39, 0.29) is 0 Å². The van der Waals surface area contributed by atoms with Crippen molar-refractivity contribution in [3.05, 3.63) is 22.4 Å². The van der Waals surface area contributed by atoms with Gasteiger partial charge in [0.1, 0.15) is 6.04 Å². The molecule has 2 rings (SSSR count). The van der Waals surface area contributed by atoms with Gasteiger partial charge >= 0.3 is 5.97 Å². The molecule has 1 aliphatic rings. The number of hydrogen-bond donors (Lipinski definition) is 1. The molecule has 14 heavy (non-hydrogen) atoms. The second-order valence-corrected chi connectivity index (χ2v) is 4.32. The number of likely N-dealkylation sites (tertiary alicyclic amines) is 1. The van der Waals surface area contributed by atoms with Crippen LogP contribution in [0.15, 0.2) is 16.8 Å². The van der Waals surface area contributed by atoms with Crippen LogP contribution in [0.1, 0.15) is 24.4 Å². The summed E-state index contributed by atoms with van der Waals surface area (Å²) in [7, 11) is 0. The maximum absolute atomic E-state index is 11.1. The van der Waals surface area contributed by atoms with E-state index in [0.29, 0.717) is 0 Å². The Morgan fingerprint density at radius 3 is 2.71 bits per heavy atom. The Morgan fingerprint density at radius 2 is 2.21 bits per heavy atom. The number of carboxylic acid groups (broad SMARTS) is 1. The summed E-state index contributed by atoms with van der Waals surface area (Å²) in [5.74, 6) is -0.731. The van der Waals surface area contributed by atoms with Crippen LogP contribution in [-0.2, 0) is 4.79 Å². The Kier molecular flexibility index (Phi) is 2.84. The third kappa shape index (κ3) is 1.81. The fraction of sp³-hybridized carbons (Fsp3) is 0.500. The van der Waals surface area contributed by atoms with E-state index in [1.54, 1.807) is 11.3 Å². The van der Waals surface area contributed by atoms with Crippen molar-refractivity contribution in [2.75, 3.05) is 13.1 Å². The lowest BCUT2D eigenvalue weighted by Crippen LogP contribution is -2.31. The number of carbonyl (C=O) groups is 1. The fourth-order valence-electron chi connectivity index (χ4n) is 1.94. The fourth-order valence-corrected chi connectivity index (χ4v) is 2.62. The molecule has 0 bridgehead atoms. The number of nitrogens with zero attached hydrogens (tertiary/aromatic N) is 1. The van der Waals surface area contributed by atoms with Crippen LogP contribution in [-0.4, -0.2) is 29.1 Å². The van der Waals surface area contributed by atoms with Crippen LogP contribution in [0.25, 0.3) is 0 Å². The minimum Gasteiger partial charge on any atom is -0.480 e. The Labute approximate surface area is 87.0 Å². The molecule has 1 atom stereocenters. The van der Waals surface area contributed by atoms with Crippen molar-refractivity contribution in [2.45, 2.75) is 18.9 Å². The molecule has 0 saturated carbocycles. The molecular weight excluding hydrogens is 198 g/mol. The smallest absolute Gasteiger partial charge is 0.325 e. The number of hydrogen-bond acceptors (Lipinski definition) is 3. The molecule has 3 nitrogen and oxygen atoms in total. The summed E-state index contributed by atoms with van der Waals surface area (Å²) in [5, 5.41) is 13.0. The SMILES string of the molecule is O=C(O)[C@@H](c1ccsc1)N1CCCC1. The first-order valence-electron chi connectivity index (χ1n) is 4.78. The van der Waals surface area contributed by atoms with Gasteiger partial charge in [0.25, 0.3) is 0 Å². The van der Waals surface area contributed by atoms with Crippen molar-refractivity contribution in [2.24, 2.45) is 0 Å². The predicted molar refractivity (Wildman–Crippen MR) is 55.5 cm³/mol. The second-order valence-electron chi connectivity index (χ2n) is 3.54. The van der Waals surface area contributed by atoms with Gasteiger partial charge in [-0.25, -0.2) is 0 Å². The molecule has 1 aromatic rings. The molecular formula is C10H13NO2S. The molecule has 76 valence electrons. The Hall–Kier alpha value is -0.870. The topological polar surface area (TPSA) is 40.5 Å². The normalized spacial score (nSPS) is 19.7. The average Bonchev–Trinajstić information content (AvgIpc) is 2.75. The number of thiophene rings is 1. The van der Waals surface area contributed by atoms with Crippen molar-refractivity contribution in [1.29, 1.82) is 0 Å². The van der Waals surface area contributed by atoms with Gasteiger partial charge in [-0.3, -0.25) is 9.69 Å². The standard InChI is InChI=1S/C10H13NO2S/c12-10(13)9(8-3-6-14-7-8)11-4-1-2-5-11/h3,6-7,9H,1-2,4-5H2,(H,12,13)/t9-/m1/s1. The van der Waals surface area contributed by atoms with Crippen LogP contribution in [0, 0.1) is 0 Å². The van der Waals surface area contributed by atoms with E-state index in [2.05, 4.69) is 0 Å². The van der Waals surface area contributed by atoms with E-state index >= 15 is 0 Å². The van der Waals surface area contributed by atoms with Crippen molar-refractivity contribution < 1.29 is 9.90 Å². The summed E-state index contributed by atoms with van der Waals surface area (Å²) in [6.07, 6.45) is 2.24. The monoisotopic (exact) mass is 211 g/mol. The first-order valence-corrected chi connectivity index (χ1v) is 5.72. The van der Waals surface area contributed by atoms with Crippen molar-refractivity contribution >= 4 is 17.3 Å². The molecule has 4 heteroatoms. The first-order chi connectivity index (χ1) is 6.79. The summed E-state index contributed by atoms with van der Waals surface area (Å²) in [6, 6.07) is 1.48. The average molecular weight is 211 g/mol. The van der Waals surface area contributed by atoms with Gasteiger partial charge in [0.05, 0.1) is 0 Å². The largest absolute Gasteiger partial charge is 0.480 e. The molecule has 1 N–H and O–H groups in total. The van der Waals surface area contributed by atoms with Crippen LogP contribution >= 0.6 is 11.3 Å². The number of aliphatic carboxylic acids is 1. The summed E-state index contributed by atoms with van der Waals surface area (Å²) < 4.78 is 0. The molecule has 0 radical (unpaired) electrons. The van der Waals surface area contributed by atoms with E-state index in [1.807, 2.05) is 21.7 Å². The van der Waals surface area contributed by atoms with Crippen LogP contribution in [0.3, 0.4) is 0 Å². The quantitative estimate of drug-likeness (QED) is 0.831. The maximum Gasteiger partial charge on any atom is 0.325 e. The second kappa shape index (κ2) is 4.11. The van der Waals surface area contributed by atoms with Gasteiger partial charge in [0.15, 0.2) is 0 Å². The molecule has 0 unspecified atom stereocenters. The van der Waals surface area contributed by atoms with Gasteiger partial charge in [0.2, 0.25) is 0 Å². The lowest BCUT2D eigenvalue weighted by molar-refractivity contribution is -0.143. The van der Waals surface area contributed by atoms with Gasteiger partial charge in [-0.05, 0) is 48.3 Å². The highest BCUT2D eigenvalue weighted by Gasteiger charge is 2.29. The molecule has 1 fully saturated rings. The minimum atomic E-state index is -0.731. The van der Waals surface area contributed by atoms with Crippen molar-refractivity contribution in [3.8, 4) is 0 Å². The summed E-state index contributed by atoms with van der Waals surface area (Å²) >= 11 is 1.55. The zero-order chi connectivity index (χ0) is 9.97. The summed E-state index contributed by atoms with van der Waals surface area (Å²) in [4.78, 5) is 13.2. The molecule has 0 amide bonds. The minimum absolute atomic E-state index is 0.427.